The van der Waals surface area contributed by atoms with E-state index in [1.807, 2.05) is 20.0 Å². The number of H-pyrrole nitrogens is 1. The van der Waals surface area contributed by atoms with Crippen LogP contribution in [0.2, 0.25) is 0 Å². The maximum absolute atomic E-state index is 15.2. The second kappa shape index (κ2) is 18.2. The number of aromatic nitrogens is 1. The molecule has 1 aromatic heterocycles. The van der Waals surface area contributed by atoms with Crippen LogP contribution in [0.1, 0.15) is 85.5 Å². The van der Waals surface area contributed by atoms with Gasteiger partial charge in [-0.15, -0.1) is 0 Å². The van der Waals surface area contributed by atoms with E-state index in [2.05, 4.69) is 73.1 Å². The van der Waals surface area contributed by atoms with Crippen molar-refractivity contribution in [2.24, 2.45) is 35.5 Å². The Labute approximate surface area is 367 Å². The second-order valence-electron chi connectivity index (χ2n) is 19.8. The third kappa shape index (κ3) is 8.09. The lowest BCUT2D eigenvalue weighted by atomic mass is 9.66. The summed E-state index contributed by atoms with van der Waals surface area (Å²) in [6, 6.07) is 9.49. The summed E-state index contributed by atoms with van der Waals surface area (Å²) in [5.41, 5.74) is 3.04. The molecule has 19 atom stereocenters. The molecule has 3 aliphatic carbocycles. The monoisotopic (exact) mass is 862 g/mol. The number of methoxy groups -OCH3 is 3. The Morgan fingerprint density at radius 3 is 2.35 bits per heavy atom. The van der Waals surface area contributed by atoms with Gasteiger partial charge >= 0.3 is 5.97 Å². The fraction of sp³-hybridized carbons (Fsp3) is 0.755. The summed E-state index contributed by atoms with van der Waals surface area (Å²) in [4.78, 5) is 37.6. The molecule has 4 aliphatic heterocycles. The maximum Gasteiger partial charge on any atom is 0.306 e. The van der Waals surface area contributed by atoms with Gasteiger partial charge in [-0.05, 0) is 132 Å². The zero-order valence-electron chi connectivity index (χ0n) is 38.3. The topological polar surface area (TPSA) is 130 Å². The number of hydrogen-bond donors (Lipinski definition) is 1. The number of aromatic amines is 1. The number of carbonyl (C=O) groups excluding carboxylic acids is 2. The van der Waals surface area contributed by atoms with Crippen LogP contribution in [0.25, 0.3) is 10.9 Å². The number of nitrogens with zero attached hydrogens (tertiary/aromatic N) is 2. The number of carbonyl (C=O) groups is 2. The number of likely N-dealkylation sites (N-methyl/N-ethyl adjacent to an activating group) is 1. The van der Waals surface area contributed by atoms with Crippen LogP contribution in [0, 0.1) is 35.5 Å². The Balaban J connectivity index is 1.04. The van der Waals surface area contributed by atoms with E-state index >= 15 is 4.79 Å². The van der Waals surface area contributed by atoms with Crippen molar-refractivity contribution in [1.29, 1.82) is 0 Å². The first-order valence-electron chi connectivity index (χ1n) is 23.6. The summed E-state index contributed by atoms with van der Waals surface area (Å²) >= 11 is 0. The lowest BCUT2D eigenvalue weighted by Gasteiger charge is -2.44. The van der Waals surface area contributed by atoms with Crippen molar-refractivity contribution in [1.82, 2.24) is 9.88 Å². The first kappa shape index (κ1) is 44.3. The Morgan fingerprint density at radius 1 is 0.855 bits per heavy atom. The Bertz CT molecular complexity index is 1940. The highest BCUT2D eigenvalue weighted by atomic mass is 16.7. The molecule has 6 fully saturated rings. The molecule has 1 aromatic carbocycles. The highest BCUT2D eigenvalue weighted by Crippen LogP contribution is 2.65. The van der Waals surface area contributed by atoms with Gasteiger partial charge in [0.25, 0.3) is 0 Å². The molecule has 0 unspecified atom stereocenters. The number of anilines is 1. The fourth-order valence-corrected chi connectivity index (χ4v) is 13.2. The van der Waals surface area contributed by atoms with Crippen molar-refractivity contribution in [3.8, 4) is 0 Å². The van der Waals surface area contributed by atoms with Crippen LogP contribution in [0.5, 0.6) is 0 Å². The van der Waals surface area contributed by atoms with Crippen LogP contribution in [0.4, 0.5) is 5.69 Å². The quantitative estimate of drug-likeness (QED) is 0.202. The van der Waals surface area contributed by atoms with Gasteiger partial charge in [0, 0.05) is 56.6 Å². The van der Waals surface area contributed by atoms with Gasteiger partial charge in [-0.1, -0.05) is 26.0 Å². The van der Waals surface area contributed by atoms with Crippen LogP contribution in [0.3, 0.4) is 0 Å². The number of esters is 1. The molecule has 2 saturated carbocycles. The SMILES string of the molecule is CC[C@H]1CCC[C@H](O[C@H]2CC[C@H](N(C)C)[C@@H](C)O2)[C@@H](C)C(=O)C2=C[C@H]3[C@@H]4C[C@H](O[C@@H]5O[C@@H](C)[C@H](OC)[C@@H](OC)[C@H]5OC)C[C@H]4[C@H]4[C@@H]([C@H]3[C@@H]2CC(=O)O1)N4c1ccc2cc[nH]c2c1. The van der Waals surface area contributed by atoms with Gasteiger partial charge in [-0.2, -0.15) is 0 Å². The van der Waals surface area contributed by atoms with E-state index in [0.29, 0.717) is 18.4 Å². The Morgan fingerprint density at radius 2 is 1.63 bits per heavy atom. The third-order valence-electron chi connectivity index (χ3n) is 16.2. The van der Waals surface area contributed by atoms with Crippen LogP contribution >= 0.6 is 0 Å². The van der Waals surface area contributed by atoms with E-state index in [4.69, 9.17) is 37.9 Å². The van der Waals surface area contributed by atoms with E-state index in [-0.39, 0.29) is 103 Å². The van der Waals surface area contributed by atoms with Gasteiger partial charge < -0.3 is 52.7 Å². The summed E-state index contributed by atoms with van der Waals surface area (Å²) in [6.45, 7) is 8.24. The smallest absolute Gasteiger partial charge is 0.306 e. The normalized spacial score (nSPS) is 43.5. The molecule has 342 valence electrons. The van der Waals surface area contributed by atoms with Gasteiger partial charge in [-0.25, -0.2) is 0 Å². The van der Waals surface area contributed by atoms with E-state index in [1.54, 1.807) is 21.3 Å². The molecular weight excluding hydrogens is 791 g/mol. The van der Waals surface area contributed by atoms with Crippen LogP contribution in [-0.2, 0) is 47.5 Å². The molecule has 62 heavy (non-hydrogen) atoms. The lowest BCUT2D eigenvalue weighted by Crippen LogP contribution is -2.59. The number of ketones is 1. The molecule has 0 bridgehead atoms. The summed E-state index contributed by atoms with van der Waals surface area (Å²) in [6.07, 6.45) is 7.93. The summed E-state index contributed by atoms with van der Waals surface area (Å²) in [5.74, 6) is -0.0831. The zero-order chi connectivity index (χ0) is 43.6. The molecule has 2 aromatic rings. The molecular formula is C49H71N3O10. The number of Topliss-reactive ketones (excluding diaryl/α,β-unsaturated/α-hetero) is 1. The largest absolute Gasteiger partial charge is 0.462 e. The summed E-state index contributed by atoms with van der Waals surface area (Å²) in [7, 11) is 9.22. The molecule has 0 spiro atoms. The molecule has 0 radical (unpaired) electrons. The minimum Gasteiger partial charge on any atom is -0.462 e. The predicted octanol–water partition coefficient (Wildman–Crippen LogP) is 6.67. The minimum absolute atomic E-state index is 0.0198. The number of benzene rings is 1. The standard InChI is InChI=1S/C49H71N3O10/c1-10-30-12-11-13-39(62-41-17-16-38(51(5)6)26(3)58-41)25(2)45(54)36-23-33-32-21-31(61-49-48(57-9)47(56-8)46(55-7)27(4)59-49)22-35(32)43-44(42(33)34(36)24-40(53)60-30)52(43)29-15-14-28-18-19-50-37(28)20-29/h14-15,18-20,23,25-27,30-35,38-39,41-44,46-50H,10-13,16-17,21-22,24H2,1-9H3/t25-,26-,27+,30+,31+,32+,33+,34-,35-,38+,39+,41+,42-,43+,44-,46+,47-,48-,49+,52?/m1/s1. The molecule has 9 rings (SSSR count). The van der Waals surface area contributed by atoms with Gasteiger partial charge in [0.2, 0.25) is 0 Å². The summed E-state index contributed by atoms with van der Waals surface area (Å²) in [5, 5.41) is 1.17. The Hall–Kier alpha value is -2.88. The van der Waals surface area contributed by atoms with Crippen molar-refractivity contribution in [2.45, 2.75) is 165 Å². The maximum atomic E-state index is 15.2. The van der Waals surface area contributed by atoms with Gasteiger partial charge in [0.15, 0.2) is 18.4 Å². The second-order valence-corrected chi connectivity index (χ2v) is 19.8. The minimum atomic E-state index is -0.629. The van der Waals surface area contributed by atoms with Crippen LogP contribution in [0.15, 0.2) is 42.1 Å². The summed E-state index contributed by atoms with van der Waals surface area (Å²) < 4.78 is 50.8. The molecule has 1 N–H and O–H groups in total. The molecule has 0 amide bonds. The molecule has 7 aliphatic rings. The number of ether oxygens (including phenoxy) is 8. The van der Waals surface area contributed by atoms with Crippen molar-refractivity contribution >= 4 is 28.3 Å². The van der Waals surface area contributed by atoms with Gasteiger partial charge in [0.1, 0.15) is 24.4 Å². The fourth-order valence-electron chi connectivity index (χ4n) is 13.2. The van der Waals surface area contributed by atoms with Gasteiger partial charge in [0.05, 0.1) is 42.9 Å². The third-order valence-corrected chi connectivity index (χ3v) is 16.2. The van der Waals surface area contributed by atoms with Crippen molar-refractivity contribution < 1.29 is 47.5 Å². The van der Waals surface area contributed by atoms with Crippen molar-refractivity contribution in [2.75, 3.05) is 40.3 Å². The number of nitrogens with one attached hydrogen (secondary N) is 1. The van der Waals surface area contributed by atoms with Crippen LogP contribution < -0.4 is 4.90 Å². The number of cyclic esters (lactones) is 1. The molecule has 13 heteroatoms. The number of hydrogen-bond acceptors (Lipinski definition) is 12. The average molecular weight is 862 g/mol. The van der Waals surface area contributed by atoms with E-state index in [1.165, 1.54) is 5.39 Å². The van der Waals surface area contributed by atoms with Crippen molar-refractivity contribution in [3.05, 3.63) is 42.1 Å². The number of fused-ring (bicyclic) bond motifs is 9. The van der Waals surface area contributed by atoms with Gasteiger partial charge in [-0.3, -0.25) is 9.59 Å². The Kier molecular flexibility index (Phi) is 13.0. The van der Waals surface area contributed by atoms with E-state index in [9.17, 15) is 4.79 Å². The zero-order valence-corrected chi connectivity index (χ0v) is 38.3. The highest BCUT2D eigenvalue weighted by molar-refractivity contribution is 5.99. The number of rotatable bonds is 10. The molecule has 13 nitrogen and oxygen atoms in total. The van der Waals surface area contributed by atoms with E-state index < -0.39 is 18.3 Å². The molecule has 5 heterocycles. The van der Waals surface area contributed by atoms with Crippen molar-refractivity contribution in [3.63, 3.8) is 0 Å². The van der Waals surface area contributed by atoms with Crippen LogP contribution in [-0.4, -0.2) is 137 Å². The first-order chi connectivity index (χ1) is 29.9. The average Bonchev–Trinajstić information content (AvgIpc) is 3.52. The number of allylic oxidation sites excluding steroid dienone is 2. The predicted molar refractivity (Wildman–Crippen MR) is 233 cm³/mol. The lowest BCUT2D eigenvalue weighted by molar-refractivity contribution is -0.314. The molecule has 4 saturated heterocycles. The first-order valence-corrected chi connectivity index (χ1v) is 23.6. The van der Waals surface area contributed by atoms with E-state index in [0.717, 1.165) is 61.7 Å². The highest BCUT2D eigenvalue weighted by Gasteiger charge is 2.69.